The van der Waals surface area contributed by atoms with Gasteiger partial charge >= 0.3 is 5.69 Å². The molecular formula is C26H25ClN6O4. The summed E-state index contributed by atoms with van der Waals surface area (Å²) in [7, 11) is 0. The van der Waals surface area contributed by atoms with Crippen molar-refractivity contribution in [3.63, 3.8) is 0 Å². The molecule has 0 aliphatic rings. The van der Waals surface area contributed by atoms with Crippen LogP contribution in [0.15, 0.2) is 46.0 Å². The number of amides is 2. The number of nitrogens with zero attached hydrogens (tertiary/aromatic N) is 4. The van der Waals surface area contributed by atoms with Crippen molar-refractivity contribution in [1.29, 1.82) is 10.5 Å². The van der Waals surface area contributed by atoms with E-state index in [1.165, 1.54) is 22.8 Å². The van der Waals surface area contributed by atoms with Gasteiger partial charge in [0.25, 0.3) is 5.56 Å². The second-order valence-corrected chi connectivity index (χ2v) is 8.95. The molecule has 0 spiro atoms. The molecule has 190 valence electrons. The van der Waals surface area contributed by atoms with Crippen LogP contribution < -0.4 is 21.9 Å². The molecule has 0 aliphatic heterocycles. The van der Waals surface area contributed by atoms with Crippen LogP contribution in [0.2, 0.25) is 5.02 Å². The first-order chi connectivity index (χ1) is 17.7. The first-order valence-corrected chi connectivity index (χ1v) is 12.0. The second kappa shape index (κ2) is 12.0. The average Bonchev–Trinajstić information content (AvgIpc) is 2.84. The van der Waals surface area contributed by atoms with Crippen molar-refractivity contribution in [2.45, 2.75) is 46.2 Å². The normalized spacial score (nSPS) is 11.4. The van der Waals surface area contributed by atoms with Gasteiger partial charge in [0.05, 0.1) is 34.0 Å². The lowest BCUT2D eigenvalue weighted by molar-refractivity contribution is -0.118. The zero-order valence-corrected chi connectivity index (χ0v) is 21.1. The van der Waals surface area contributed by atoms with Crippen LogP contribution in [-0.4, -0.2) is 20.9 Å². The molecule has 1 unspecified atom stereocenters. The molecule has 0 aliphatic carbocycles. The number of aryl methyl sites for hydroxylation is 1. The lowest BCUT2D eigenvalue weighted by atomic mass is 10.0. The maximum Gasteiger partial charge on any atom is 0.331 e. The van der Waals surface area contributed by atoms with Crippen molar-refractivity contribution >= 4 is 45.7 Å². The Morgan fingerprint density at radius 2 is 1.62 bits per heavy atom. The number of carbonyl (C=O) groups is 2. The third kappa shape index (κ3) is 6.43. The Kier molecular flexibility index (Phi) is 8.83. The van der Waals surface area contributed by atoms with Gasteiger partial charge in [-0.05, 0) is 49.2 Å². The fourth-order valence-electron chi connectivity index (χ4n) is 3.97. The van der Waals surface area contributed by atoms with Crippen molar-refractivity contribution in [3.05, 3.63) is 67.8 Å². The van der Waals surface area contributed by atoms with Crippen LogP contribution in [0.5, 0.6) is 0 Å². The zero-order chi connectivity index (χ0) is 27.1. The lowest BCUT2D eigenvalue weighted by Gasteiger charge is -2.14. The average molecular weight is 521 g/mol. The molecule has 0 saturated heterocycles. The van der Waals surface area contributed by atoms with Gasteiger partial charge in [0.2, 0.25) is 11.8 Å². The van der Waals surface area contributed by atoms with E-state index in [9.17, 15) is 19.2 Å². The van der Waals surface area contributed by atoms with E-state index in [0.717, 1.165) is 4.57 Å². The smallest absolute Gasteiger partial charge is 0.326 e. The number of halogens is 1. The number of aromatic nitrogens is 2. The quantitative estimate of drug-likeness (QED) is 0.440. The number of carbonyl (C=O) groups excluding carboxylic acids is 2. The maximum atomic E-state index is 12.9. The number of nitrogens with one attached hydrogen (secondary N) is 2. The Labute approximate surface area is 217 Å². The molecule has 0 fully saturated rings. The Bertz CT molecular complexity index is 1560. The number of hydrogen-bond donors (Lipinski definition) is 2. The van der Waals surface area contributed by atoms with E-state index in [2.05, 4.69) is 10.6 Å². The van der Waals surface area contributed by atoms with Gasteiger partial charge in [0.1, 0.15) is 6.07 Å². The lowest BCUT2D eigenvalue weighted by Crippen LogP contribution is -2.39. The second-order valence-electron chi connectivity index (χ2n) is 8.54. The molecule has 2 N–H and O–H groups in total. The predicted molar refractivity (Wildman–Crippen MR) is 140 cm³/mol. The third-order valence-electron chi connectivity index (χ3n) is 5.71. The van der Waals surface area contributed by atoms with Crippen molar-refractivity contribution in [2.75, 3.05) is 10.6 Å². The molecule has 37 heavy (non-hydrogen) atoms. The van der Waals surface area contributed by atoms with Crippen molar-refractivity contribution < 1.29 is 9.59 Å². The molecule has 2 aromatic carbocycles. The van der Waals surface area contributed by atoms with Crippen molar-refractivity contribution in [2.24, 2.45) is 5.92 Å². The fourth-order valence-corrected chi connectivity index (χ4v) is 4.19. The van der Waals surface area contributed by atoms with E-state index in [4.69, 9.17) is 22.1 Å². The largest absolute Gasteiger partial charge is 0.331 e. The maximum absolute atomic E-state index is 12.9. The molecule has 3 rings (SSSR count). The first-order valence-electron chi connectivity index (χ1n) is 11.6. The van der Waals surface area contributed by atoms with Gasteiger partial charge in [-0.1, -0.05) is 18.5 Å². The van der Waals surface area contributed by atoms with E-state index in [-0.39, 0.29) is 60.5 Å². The molecule has 1 heterocycles. The fraction of sp³-hybridized carbons (Fsp3) is 0.308. The SMILES string of the molecule is CCn1c(=O)c2cc(NC(=O)CC(C)CC(=O)Nc3ccc(C#N)c(Cl)c3)ccc2n(CCC#N)c1=O. The summed E-state index contributed by atoms with van der Waals surface area (Å²) >= 11 is 5.99. The van der Waals surface area contributed by atoms with Gasteiger partial charge in [0, 0.05) is 37.3 Å². The van der Waals surface area contributed by atoms with Crippen LogP contribution in [0.1, 0.15) is 38.7 Å². The Balaban J connectivity index is 1.69. The zero-order valence-electron chi connectivity index (χ0n) is 20.4. The first kappa shape index (κ1) is 27.2. The standard InChI is InChI=1S/C26H25ClN6O4/c1-3-32-25(36)20-13-18(7-8-22(20)33(26(32)37)10-4-9-28)30-23(34)11-16(2)12-24(35)31-19-6-5-17(15-29)21(27)14-19/h5-8,13-14,16H,3-4,10-12H2,1-2H3,(H,30,34)(H,31,35). The number of hydrogen-bond acceptors (Lipinski definition) is 6. The summed E-state index contributed by atoms with van der Waals surface area (Å²) in [4.78, 5) is 50.5. The minimum atomic E-state index is -0.484. The molecular weight excluding hydrogens is 496 g/mol. The monoisotopic (exact) mass is 520 g/mol. The molecule has 3 aromatic rings. The highest BCUT2D eigenvalue weighted by atomic mass is 35.5. The molecule has 1 aromatic heterocycles. The van der Waals surface area contributed by atoms with Gasteiger partial charge < -0.3 is 10.6 Å². The topological polar surface area (TPSA) is 150 Å². The van der Waals surface area contributed by atoms with Gasteiger partial charge in [-0.3, -0.25) is 23.5 Å². The highest BCUT2D eigenvalue weighted by molar-refractivity contribution is 6.32. The van der Waals surface area contributed by atoms with Crippen molar-refractivity contribution in [1.82, 2.24) is 9.13 Å². The van der Waals surface area contributed by atoms with Crippen LogP contribution in [0, 0.1) is 28.6 Å². The van der Waals surface area contributed by atoms with Crippen LogP contribution >= 0.6 is 11.6 Å². The Morgan fingerprint density at radius 3 is 2.19 bits per heavy atom. The molecule has 2 amide bonds. The van der Waals surface area contributed by atoms with E-state index in [1.807, 2.05) is 12.1 Å². The van der Waals surface area contributed by atoms with Crippen LogP contribution in [0.3, 0.4) is 0 Å². The van der Waals surface area contributed by atoms with E-state index in [1.54, 1.807) is 32.0 Å². The minimum absolute atomic E-state index is 0.0560. The Morgan fingerprint density at radius 1 is 1.00 bits per heavy atom. The molecule has 1 atom stereocenters. The van der Waals surface area contributed by atoms with E-state index < -0.39 is 11.2 Å². The molecule has 11 heteroatoms. The number of rotatable bonds is 9. The van der Waals surface area contributed by atoms with Gasteiger partial charge in [-0.2, -0.15) is 10.5 Å². The number of nitriles is 2. The van der Waals surface area contributed by atoms with Crippen LogP contribution in [-0.2, 0) is 22.7 Å². The van der Waals surface area contributed by atoms with Gasteiger partial charge in [0.15, 0.2) is 0 Å². The molecule has 10 nitrogen and oxygen atoms in total. The van der Waals surface area contributed by atoms with Crippen LogP contribution in [0.25, 0.3) is 10.9 Å². The van der Waals surface area contributed by atoms with Crippen LogP contribution in [0.4, 0.5) is 11.4 Å². The van der Waals surface area contributed by atoms with E-state index in [0.29, 0.717) is 22.5 Å². The summed E-state index contributed by atoms with van der Waals surface area (Å²) < 4.78 is 2.48. The summed E-state index contributed by atoms with van der Waals surface area (Å²) in [6, 6.07) is 13.2. The number of fused-ring (bicyclic) bond motifs is 1. The predicted octanol–water partition coefficient (Wildman–Crippen LogP) is 3.62. The molecule has 0 radical (unpaired) electrons. The summed E-state index contributed by atoms with van der Waals surface area (Å²) in [5.74, 6) is -0.931. The Hall–Kier alpha value is -4.41. The molecule has 0 bridgehead atoms. The number of anilines is 2. The summed E-state index contributed by atoms with van der Waals surface area (Å²) in [5, 5.41) is 23.8. The van der Waals surface area contributed by atoms with Gasteiger partial charge in [-0.25, -0.2) is 4.79 Å². The molecule has 0 saturated carbocycles. The highest BCUT2D eigenvalue weighted by Gasteiger charge is 2.16. The highest BCUT2D eigenvalue weighted by Crippen LogP contribution is 2.21. The summed E-state index contributed by atoms with van der Waals surface area (Å²) in [6.07, 6.45) is 0.245. The summed E-state index contributed by atoms with van der Waals surface area (Å²) in [6.45, 7) is 3.76. The van der Waals surface area contributed by atoms with Crippen molar-refractivity contribution in [3.8, 4) is 12.1 Å². The summed E-state index contributed by atoms with van der Waals surface area (Å²) in [5.41, 5.74) is 0.569. The van der Waals surface area contributed by atoms with E-state index >= 15 is 0 Å². The number of benzene rings is 2. The minimum Gasteiger partial charge on any atom is -0.326 e. The van der Waals surface area contributed by atoms with Gasteiger partial charge in [-0.15, -0.1) is 0 Å². The third-order valence-corrected chi connectivity index (χ3v) is 6.03.